The number of imidazole rings is 1. The lowest BCUT2D eigenvalue weighted by atomic mass is 9.98. The molecule has 2 aromatic rings. The van der Waals surface area contributed by atoms with E-state index in [0.29, 0.717) is 21.4 Å². The number of azide groups is 1. The number of thioether (sulfide) groups is 1. The molecule has 5 atom stereocenters. The summed E-state index contributed by atoms with van der Waals surface area (Å²) in [6.07, 6.45) is 1.03. The number of halogens is 1. The Morgan fingerprint density at radius 1 is 1.38 bits per heavy atom. The lowest BCUT2D eigenvalue weighted by Gasteiger charge is -2.40. The number of H-pyrrole nitrogens is 1. The lowest BCUT2D eigenvalue weighted by molar-refractivity contribution is -0.159. The van der Waals surface area contributed by atoms with Crippen molar-refractivity contribution in [3.63, 3.8) is 0 Å². The van der Waals surface area contributed by atoms with Crippen LogP contribution in [0.25, 0.3) is 22.0 Å². The van der Waals surface area contributed by atoms with Gasteiger partial charge in [-0.15, -0.1) is 0 Å². The van der Waals surface area contributed by atoms with E-state index >= 15 is 0 Å². The molecule has 1 aliphatic rings. The van der Waals surface area contributed by atoms with E-state index < -0.39 is 36.4 Å². The van der Waals surface area contributed by atoms with Crippen LogP contribution in [-0.4, -0.2) is 66.7 Å². The third kappa shape index (κ3) is 3.79. The second kappa shape index (κ2) is 8.23. The molecule has 3 heterocycles. The first-order valence-corrected chi connectivity index (χ1v) is 8.79. The molecule has 3 unspecified atom stereocenters. The van der Waals surface area contributed by atoms with Gasteiger partial charge in [0.15, 0.2) is 5.82 Å². The summed E-state index contributed by atoms with van der Waals surface area (Å²) in [5.74, 6) is 0.500. The van der Waals surface area contributed by atoms with Crippen molar-refractivity contribution in [3.05, 3.63) is 40.1 Å². The van der Waals surface area contributed by atoms with Crippen molar-refractivity contribution in [2.45, 2.75) is 34.7 Å². The first-order valence-electron chi connectivity index (χ1n) is 7.53. The van der Waals surface area contributed by atoms with Crippen LogP contribution < -0.4 is 0 Å². The number of aliphatic hydroxyl groups is 3. The van der Waals surface area contributed by atoms with Crippen LogP contribution in [0, 0.1) is 0 Å². The summed E-state index contributed by atoms with van der Waals surface area (Å²) in [4.78, 5) is 14.6. The number of rotatable bonds is 5. The Hall–Kier alpha value is -1.85. The fourth-order valence-electron chi connectivity index (χ4n) is 2.57. The fraction of sp³-hybridized carbons (Fsp3) is 0.429. The summed E-state index contributed by atoms with van der Waals surface area (Å²) in [6, 6.07) is 0.469. The van der Waals surface area contributed by atoms with E-state index in [0.717, 1.165) is 11.8 Å². The molecule has 0 saturated carbocycles. The molecule has 1 saturated heterocycles. The van der Waals surface area contributed by atoms with Crippen LogP contribution in [0.15, 0.2) is 34.7 Å². The van der Waals surface area contributed by atoms with Crippen molar-refractivity contribution in [1.29, 1.82) is 0 Å². The Balaban J connectivity index is 1.92. The molecule has 2 aromatic heterocycles. The average Bonchev–Trinajstić information content (AvgIpc) is 3.15. The molecular weight excluding hydrogens is 384 g/mol. The van der Waals surface area contributed by atoms with Crippen molar-refractivity contribution in [2.24, 2.45) is 5.11 Å². The number of hydrogen-bond donors (Lipinski definition) is 4. The SMILES string of the molecule is [N-]=[N+]=NC1C(O)[C@@H](Sc2cc(Cl)cnc2-c2ncc[nH]2)OC(CO)[C@@H]1O. The maximum atomic E-state index is 10.5. The zero-order valence-corrected chi connectivity index (χ0v) is 14.7. The molecular formula is C14H15ClN6O4S. The molecule has 4 N–H and O–H groups in total. The van der Waals surface area contributed by atoms with Gasteiger partial charge in [0.25, 0.3) is 0 Å². The number of hydrogen-bond acceptors (Lipinski definition) is 8. The number of pyridine rings is 1. The smallest absolute Gasteiger partial charge is 0.157 e. The van der Waals surface area contributed by atoms with Crippen LogP contribution in [0.2, 0.25) is 5.02 Å². The topological polar surface area (TPSA) is 160 Å². The van der Waals surface area contributed by atoms with E-state index in [1.807, 2.05) is 0 Å². The summed E-state index contributed by atoms with van der Waals surface area (Å²) in [5, 5.41) is 33.8. The van der Waals surface area contributed by atoms with E-state index in [-0.39, 0.29) is 0 Å². The number of aromatic amines is 1. The van der Waals surface area contributed by atoms with Gasteiger partial charge in [-0.05, 0) is 11.6 Å². The van der Waals surface area contributed by atoms with Crippen LogP contribution in [-0.2, 0) is 4.74 Å². The Bertz CT molecular complexity index is 803. The van der Waals surface area contributed by atoms with Gasteiger partial charge in [0, 0.05) is 28.4 Å². The summed E-state index contributed by atoms with van der Waals surface area (Å²) in [6.45, 7) is -0.499. The lowest BCUT2D eigenvalue weighted by Crippen LogP contribution is -2.56. The standard InChI is InChI=1S/C14H15ClN6O4S/c15-6-3-8(9(19-4-6)13-17-1-2-18-13)26-14-12(24)10(20-21-16)11(23)7(5-22)25-14/h1-4,7,10-12,14,22-24H,5H2,(H,17,18)/t7?,10?,11-,12?,14+/m0/s1. The summed E-state index contributed by atoms with van der Waals surface area (Å²) in [5.41, 5.74) is 8.24. The molecule has 138 valence electrons. The van der Waals surface area contributed by atoms with E-state index in [4.69, 9.17) is 21.9 Å². The molecule has 0 spiro atoms. The Morgan fingerprint density at radius 3 is 2.85 bits per heavy atom. The monoisotopic (exact) mass is 398 g/mol. The minimum atomic E-state index is -1.33. The van der Waals surface area contributed by atoms with Gasteiger partial charge in [-0.2, -0.15) is 0 Å². The second-order valence-electron chi connectivity index (χ2n) is 5.46. The summed E-state index contributed by atoms with van der Waals surface area (Å²) < 4.78 is 5.58. The predicted molar refractivity (Wildman–Crippen MR) is 93.4 cm³/mol. The highest BCUT2D eigenvalue weighted by Crippen LogP contribution is 2.38. The molecule has 0 amide bonds. The van der Waals surface area contributed by atoms with Crippen LogP contribution in [0.3, 0.4) is 0 Å². The summed E-state index contributed by atoms with van der Waals surface area (Å²) in [7, 11) is 0. The van der Waals surface area contributed by atoms with Crippen molar-refractivity contribution in [2.75, 3.05) is 6.61 Å². The second-order valence-corrected chi connectivity index (χ2v) is 7.03. The van der Waals surface area contributed by atoms with Crippen LogP contribution in [0.1, 0.15) is 0 Å². The Kier molecular flexibility index (Phi) is 5.99. The van der Waals surface area contributed by atoms with Crippen LogP contribution in [0.4, 0.5) is 0 Å². The highest BCUT2D eigenvalue weighted by atomic mass is 35.5. The number of nitrogens with one attached hydrogen (secondary N) is 1. The fourth-order valence-corrected chi connectivity index (χ4v) is 4.00. The molecule has 0 radical (unpaired) electrons. The third-order valence-corrected chi connectivity index (χ3v) is 5.21. The summed E-state index contributed by atoms with van der Waals surface area (Å²) >= 11 is 7.11. The Labute approximate surface area is 156 Å². The molecule has 0 bridgehead atoms. The van der Waals surface area contributed by atoms with Gasteiger partial charge in [0.05, 0.1) is 23.8 Å². The molecule has 3 rings (SSSR count). The number of ether oxygens (including phenoxy) is 1. The van der Waals surface area contributed by atoms with Gasteiger partial charge in [-0.1, -0.05) is 28.5 Å². The van der Waals surface area contributed by atoms with Crippen LogP contribution in [0.5, 0.6) is 0 Å². The van der Waals surface area contributed by atoms with Gasteiger partial charge >= 0.3 is 0 Å². The van der Waals surface area contributed by atoms with E-state index in [1.165, 1.54) is 6.20 Å². The van der Waals surface area contributed by atoms with Crippen LogP contribution >= 0.6 is 23.4 Å². The van der Waals surface area contributed by atoms with E-state index in [1.54, 1.807) is 18.5 Å². The normalized spacial score (nSPS) is 28.5. The number of nitrogens with zero attached hydrogens (tertiary/aromatic N) is 5. The highest BCUT2D eigenvalue weighted by Gasteiger charge is 2.44. The minimum Gasteiger partial charge on any atom is -0.394 e. The highest BCUT2D eigenvalue weighted by molar-refractivity contribution is 8.00. The molecule has 0 aromatic carbocycles. The van der Waals surface area contributed by atoms with Crippen molar-refractivity contribution >= 4 is 23.4 Å². The first kappa shape index (κ1) is 18.9. The van der Waals surface area contributed by atoms with E-state index in [2.05, 4.69) is 25.0 Å². The first-order chi connectivity index (χ1) is 12.5. The zero-order valence-electron chi connectivity index (χ0n) is 13.2. The minimum absolute atomic E-state index is 0.374. The molecule has 12 heteroatoms. The maximum absolute atomic E-state index is 10.5. The Morgan fingerprint density at radius 2 is 2.19 bits per heavy atom. The van der Waals surface area contributed by atoms with Gasteiger partial charge in [0.1, 0.15) is 23.3 Å². The predicted octanol–water partition coefficient (Wildman–Crippen LogP) is 1.34. The molecule has 10 nitrogen and oxygen atoms in total. The van der Waals surface area contributed by atoms with Gasteiger partial charge in [0.2, 0.25) is 0 Å². The van der Waals surface area contributed by atoms with Gasteiger partial charge < -0.3 is 25.0 Å². The molecule has 0 aliphatic carbocycles. The number of aromatic nitrogens is 3. The zero-order chi connectivity index (χ0) is 18.7. The number of aliphatic hydroxyl groups excluding tert-OH is 3. The quantitative estimate of drug-likeness (QED) is 0.335. The van der Waals surface area contributed by atoms with Gasteiger partial charge in [-0.3, -0.25) is 4.98 Å². The van der Waals surface area contributed by atoms with E-state index in [9.17, 15) is 15.3 Å². The maximum Gasteiger partial charge on any atom is 0.157 e. The van der Waals surface area contributed by atoms with Gasteiger partial charge in [-0.25, -0.2) is 4.98 Å². The van der Waals surface area contributed by atoms with Crippen molar-refractivity contribution in [1.82, 2.24) is 15.0 Å². The molecule has 1 fully saturated rings. The van der Waals surface area contributed by atoms with Crippen molar-refractivity contribution in [3.8, 4) is 11.5 Å². The van der Waals surface area contributed by atoms with Crippen molar-refractivity contribution < 1.29 is 20.1 Å². The largest absolute Gasteiger partial charge is 0.394 e. The third-order valence-electron chi connectivity index (χ3n) is 3.82. The molecule has 1 aliphatic heterocycles. The molecule has 26 heavy (non-hydrogen) atoms. The average molecular weight is 399 g/mol.